The van der Waals surface area contributed by atoms with Gasteiger partial charge >= 0.3 is 5.97 Å². The summed E-state index contributed by atoms with van der Waals surface area (Å²) in [5.41, 5.74) is 6.26. The predicted molar refractivity (Wildman–Crippen MR) is 115 cm³/mol. The number of anilines is 3. The fourth-order valence-corrected chi connectivity index (χ4v) is 2.97. The number of rotatable bonds is 7. The summed E-state index contributed by atoms with van der Waals surface area (Å²) in [5.74, 6) is -3.05. The summed E-state index contributed by atoms with van der Waals surface area (Å²) in [6.07, 6.45) is 2.73. The summed E-state index contributed by atoms with van der Waals surface area (Å²) < 4.78 is 14.2. The van der Waals surface area contributed by atoms with E-state index in [1.165, 1.54) is 47.4 Å². The van der Waals surface area contributed by atoms with E-state index in [2.05, 4.69) is 20.7 Å². The molecule has 1 aromatic carbocycles. The topological polar surface area (TPSA) is 152 Å². The van der Waals surface area contributed by atoms with E-state index in [9.17, 15) is 23.9 Å². The first-order valence-corrected chi connectivity index (χ1v) is 9.57. The lowest BCUT2D eigenvalue weighted by molar-refractivity contribution is -0.115. The average molecular weight is 440 g/mol. The molecule has 5 N–H and O–H groups in total. The Labute approximate surface area is 182 Å². The van der Waals surface area contributed by atoms with Gasteiger partial charge in [-0.2, -0.15) is 5.10 Å². The first-order chi connectivity index (χ1) is 15.2. The summed E-state index contributed by atoms with van der Waals surface area (Å²) in [4.78, 5) is 40.5. The van der Waals surface area contributed by atoms with Gasteiger partial charge in [0, 0.05) is 6.04 Å². The largest absolute Gasteiger partial charge is 0.477 e. The highest BCUT2D eigenvalue weighted by molar-refractivity contribution is 6.11. The number of benzene rings is 1. The Balaban J connectivity index is 1.74. The molecule has 0 saturated carbocycles. The Morgan fingerprint density at radius 3 is 2.34 bits per heavy atom. The van der Waals surface area contributed by atoms with Crippen LogP contribution < -0.4 is 16.4 Å². The molecule has 0 spiro atoms. The molecule has 0 radical (unpaired) electrons. The van der Waals surface area contributed by atoms with Gasteiger partial charge in [0.25, 0.3) is 5.91 Å². The zero-order valence-electron chi connectivity index (χ0n) is 17.3. The first kappa shape index (κ1) is 22.4. The highest BCUT2D eigenvalue weighted by Crippen LogP contribution is 2.22. The Kier molecular flexibility index (Phi) is 6.47. The number of hydrogen-bond donors (Lipinski definition) is 4. The van der Waals surface area contributed by atoms with Crippen molar-refractivity contribution in [2.45, 2.75) is 26.3 Å². The summed E-state index contributed by atoms with van der Waals surface area (Å²) in [5, 5.41) is 18.6. The van der Waals surface area contributed by atoms with Gasteiger partial charge in [-0.1, -0.05) is 12.1 Å². The Morgan fingerprint density at radius 1 is 1.12 bits per heavy atom. The zero-order valence-corrected chi connectivity index (χ0v) is 17.3. The fraction of sp³-hybridized carbons (Fsp3) is 0.190. The number of nitrogen functional groups attached to an aromatic ring is 1. The average Bonchev–Trinajstić information content (AvgIpc) is 3.08. The van der Waals surface area contributed by atoms with Gasteiger partial charge in [-0.15, -0.1) is 0 Å². The van der Waals surface area contributed by atoms with Crippen LogP contribution in [0.1, 0.15) is 46.3 Å². The Bertz CT molecular complexity index is 1170. The van der Waals surface area contributed by atoms with Crippen molar-refractivity contribution in [3.05, 3.63) is 65.4 Å². The van der Waals surface area contributed by atoms with Crippen LogP contribution in [0.15, 0.2) is 42.7 Å². The number of carbonyl (C=O) groups is 3. The van der Waals surface area contributed by atoms with Crippen molar-refractivity contribution in [3.63, 3.8) is 0 Å². The maximum absolute atomic E-state index is 13.0. The quantitative estimate of drug-likeness (QED) is 0.441. The van der Waals surface area contributed by atoms with Gasteiger partial charge in [-0.3, -0.25) is 14.6 Å². The molecule has 0 fully saturated rings. The second kappa shape index (κ2) is 9.25. The van der Waals surface area contributed by atoms with E-state index in [1.807, 2.05) is 0 Å². The van der Waals surface area contributed by atoms with Crippen molar-refractivity contribution >= 4 is 35.0 Å². The van der Waals surface area contributed by atoms with E-state index >= 15 is 0 Å². The highest BCUT2D eigenvalue weighted by Gasteiger charge is 2.27. The molecule has 32 heavy (non-hydrogen) atoms. The number of carboxylic acid groups (broad SMARTS) is 1. The third kappa shape index (κ3) is 5.06. The van der Waals surface area contributed by atoms with Crippen molar-refractivity contribution < 1.29 is 23.9 Å². The van der Waals surface area contributed by atoms with Gasteiger partial charge in [0.05, 0.1) is 30.2 Å². The van der Waals surface area contributed by atoms with E-state index < -0.39 is 23.3 Å². The van der Waals surface area contributed by atoms with Gasteiger partial charge in [-0.25, -0.2) is 13.9 Å². The number of nitrogens with two attached hydrogens (primary N) is 1. The van der Waals surface area contributed by atoms with Gasteiger partial charge in [0.15, 0.2) is 5.69 Å². The lowest BCUT2D eigenvalue weighted by Crippen LogP contribution is -2.18. The zero-order chi connectivity index (χ0) is 23.4. The van der Waals surface area contributed by atoms with E-state index in [-0.39, 0.29) is 35.6 Å². The van der Waals surface area contributed by atoms with Crippen molar-refractivity contribution in [1.82, 2.24) is 14.8 Å². The maximum atomic E-state index is 13.0. The SMILES string of the molecule is CC(C)n1nc(C(=O)Nc2cncc(NC(=O)Cc3ccc(F)cc3)c2)c(C(=O)O)c1N. The summed E-state index contributed by atoms with van der Waals surface area (Å²) >= 11 is 0. The standard InChI is InChI=1S/C21H21FN6O4/c1-11(2)28-19(23)17(21(31)32)18(27-28)20(30)26-15-8-14(9-24-10-15)25-16(29)7-12-3-5-13(22)6-4-12/h3-6,8-11H,7,23H2,1-2H3,(H,25,29)(H,26,30)(H,31,32). The molecule has 0 aliphatic rings. The molecule has 2 amide bonds. The number of carbonyl (C=O) groups excluding carboxylic acids is 2. The number of carboxylic acids is 1. The lowest BCUT2D eigenvalue weighted by atomic mass is 10.1. The van der Waals surface area contributed by atoms with Crippen LogP contribution in [-0.4, -0.2) is 37.7 Å². The third-order valence-corrected chi connectivity index (χ3v) is 4.42. The normalized spacial score (nSPS) is 10.8. The van der Waals surface area contributed by atoms with Crippen molar-refractivity contribution in [1.29, 1.82) is 0 Å². The van der Waals surface area contributed by atoms with Gasteiger partial charge < -0.3 is 21.5 Å². The molecule has 2 heterocycles. The van der Waals surface area contributed by atoms with E-state index in [0.717, 1.165) is 0 Å². The van der Waals surface area contributed by atoms with Crippen LogP contribution in [-0.2, 0) is 11.2 Å². The van der Waals surface area contributed by atoms with Crippen LogP contribution in [0, 0.1) is 5.82 Å². The molecular weight excluding hydrogens is 419 g/mol. The number of aromatic nitrogens is 3. The van der Waals surface area contributed by atoms with Gasteiger partial charge in [0.1, 0.15) is 17.2 Å². The summed E-state index contributed by atoms with van der Waals surface area (Å²) in [6, 6.07) is 6.74. The van der Waals surface area contributed by atoms with Crippen LogP contribution in [0.2, 0.25) is 0 Å². The molecule has 2 aromatic heterocycles. The maximum Gasteiger partial charge on any atom is 0.341 e. The number of aromatic carboxylic acids is 1. The minimum Gasteiger partial charge on any atom is -0.477 e. The molecule has 11 heteroatoms. The van der Waals surface area contributed by atoms with Gasteiger partial charge in [0.2, 0.25) is 5.91 Å². The number of amides is 2. The summed E-state index contributed by atoms with van der Waals surface area (Å²) in [7, 11) is 0. The van der Waals surface area contributed by atoms with Crippen LogP contribution in [0.5, 0.6) is 0 Å². The molecule has 0 atom stereocenters. The number of hydrogen-bond acceptors (Lipinski definition) is 6. The molecule has 10 nitrogen and oxygen atoms in total. The minimum absolute atomic E-state index is 0.0186. The van der Waals surface area contributed by atoms with E-state index in [1.54, 1.807) is 13.8 Å². The molecule has 0 unspecified atom stereocenters. The van der Waals surface area contributed by atoms with E-state index in [0.29, 0.717) is 11.3 Å². The second-order valence-electron chi connectivity index (χ2n) is 7.22. The van der Waals surface area contributed by atoms with Crippen LogP contribution >= 0.6 is 0 Å². The second-order valence-corrected chi connectivity index (χ2v) is 7.22. The monoisotopic (exact) mass is 440 g/mol. The van der Waals surface area contributed by atoms with Crippen LogP contribution in [0.4, 0.5) is 21.6 Å². The van der Waals surface area contributed by atoms with E-state index in [4.69, 9.17) is 5.73 Å². The number of nitrogens with one attached hydrogen (secondary N) is 2. The lowest BCUT2D eigenvalue weighted by Gasteiger charge is -2.08. The molecular formula is C21H21FN6O4. The fourth-order valence-electron chi connectivity index (χ4n) is 2.97. The molecule has 0 saturated heterocycles. The molecule has 3 aromatic rings. The molecule has 166 valence electrons. The van der Waals surface area contributed by atoms with Crippen LogP contribution in [0.25, 0.3) is 0 Å². The minimum atomic E-state index is -1.38. The molecule has 0 aliphatic carbocycles. The Hall–Kier alpha value is -4.28. The summed E-state index contributed by atoms with van der Waals surface area (Å²) in [6.45, 7) is 3.50. The van der Waals surface area contributed by atoms with Crippen molar-refractivity contribution in [3.8, 4) is 0 Å². The van der Waals surface area contributed by atoms with Crippen molar-refractivity contribution in [2.24, 2.45) is 0 Å². The number of nitrogens with zero attached hydrogens (tertiary/aromatic N) is 3. The molecule has 0 bridgehead atoms. The van der Waals surface area contributed by atoms with Crippen LogP contribution in [0.3, 0.4) is 0 Å². The third-order valence-electron chi connectivity index (χ3n) is 4.42. The Morgan fingerprint density at radius 2 is 1.75 bits per heavy atom. The predicted octanol–water partition coefficient (Wildman–Crippen LogP) is 2.71. The van der Waals surface area contributed by atoms with Gasteiger partial charge in [-0.05, 0) is 37.6 Å². The molecule has 3 rings (SSSR count). The van der Waals surface area contributed by atoms with Crippen molar-refractivity contribution in [2.75, 3.05) is 16.4 Å². The smallest absolute Gasteiger partial charge is 0.341 e. The highest BCUT2D eigenvalue weighted by atomic mass is 19.1. The number of halogens is 1. The first-order valence-electron chi connectivity index (χ1n) is 9.57. The number of pyridine rings is 1. The molecule has 0 aliphatic heterocycles.